The third-order valence-electron chi connectivity index (χ3n) is 3.48. The van der Waals surface area contributed by atoms with E-state index < -0.39 is 0 Å². The molecule has 0 heterocycles. The second-order valence-electron chi connectivity index (χ2n) is 5.53. The fourth-order valence-electron chi connectivity index (χ4n) is 2.11. The first-order chi connectivity index (χ1) is 9.15. The van der Waals surface area contributed by atoms with Crippen LogP contribution in [0.2, 0.25) is 0 Å². The molecule has 0 saturated carbocycles. The van der Waals surface area contributed by atoms with E-state index in [1.165, 1.54) is 18.4 Å². The molecule has 108 valence electrons. The molecule has 1 rings (SSSR count). The van der Waals surface area contributed by atoms with E-state index in [9.17, 15) is 0 Å². The van der Waals surface area contributed by atoms with Crippen LogP contribution in [0, 0.1) is 5.92 Å². The van der Waals surface area contributed by atoms with Gasteiger partial charge in [0.15, 0.2) is 0 Å². The minimum atomic E-state index is 0.565. The molecule has 1 N–H and O–H groups in total. The van der Waals surface area contributed by atoms with Crippen molar-refractivity contribution in [2.75, 3.05) is 6.61 Å². The van der Waals surface area contributed by atoms with Crippen LogP contribution in [0.4, 0.5) is 0 Å². The Kier molecular flexibility index (Phi) is 7.57. The van der Waals surface area contributed by atoms with Crippen LogP contribution < -0.4 is 10.1 Å². The van der Waals surface area contributed by atoms with Crippen molar-refractivity contribution in [3.63, 3.8) is 0 Å². The van der Waals surface area contributed by atoms with Gasteiger partial charge in [-0.25, -0.2) is 0 Å². The van der Waals surface area contributed by atoms with Crippen molar-refractivity contribution < 1.29 is 4.74 Å². The summed E-state index contributed by atoms with van der Waals surface area (Å²) in [5.74, 6) is 1.78. The summed E-state index contributed by atoms with van der Waals surface area (Å²) in [6.45, 7) is 10.7. The first kappa shape index (κ1) is 16.0. The van der Waals surface area contributed by atoms with Gasteiger partial charge in [0.25, 0.3) is 0 Å². The highest BCUT2D eigenvalue weighted by molar-refractivity contribution is 5.28. The molecule has 0 aromatic heterocycles. The highest BCUT2D eigenvalue weighted by atomic mass is 16.5. The third-order valence-corrected chi connectivity index (χ3v) is 3.48. The zero-order valence-corrected chi connectivity index (χ0v) is 12.9. The maximum absolute atomic E-state index is 5.66. The Labute approximate surface area is 118 Å². The highest BCUT2D eigenvalue weighted by Gasteiger charge is 2.06. The molecule has 0 saturated heterocycles. The molecular weight excluding hydrogens is 234 g/mol. The zero-order valence-electron chi connectivity index (χ0n) is 12.9. The average molecular weight is 263 g/mol. The van der Waals surface area contributed by atoms with E-state index in [-0.39, 0.29) is 0 Å². The molecule has 1 aromatic rings. The largest absolute Gasteiger partial charge is 0.494 e. The van der Waals surface area contributed by atoms with Gasteiger partial charge in [0.2, 0.25) is 0 Å². The van der Waals surface area contributed by atoms with Crippen molar-refractivity contribution in [2.45, 2.75) is 59.5 Å². The maximum atomic E-state index is 5.66. The second kappa shape index (κ2) is 8.98. The third kappa shape index (κ3) is 6.63. The lowest BCUT2D eigenvalue weighted by Crippen LogP contribution is -2.27. The summed E-state index contributed by atoms with van der Waals surface area (Å²) in [6, 6.07) is 8.96. The van der Waals surface area contributed by atoms with Crippen molar-refractivity contribution in [3.05, 3.63) is 29.8 Å². The van der Waals surface area contributed by atoms with Gasteiger partial charge in [0.1, 0.15) is 5.75 Å². The predicted molar refractivity (Wildman–Crippen MR) is 82.6 cm³/mol. The molecule has 0 amide bonds. The fourth-order valence-corrected chi connectivity index (χ4v) is 2.11. The Morgan fingerprint density at radius 1 is 1.21 bits per heavy atom. The molecule has 0 radical (unpaired) electrons. The summed E-state index contributed by atoms with van der Waals surface area (Å²) in [5.41, 5.74) is 1.30. The van der Waals surface area contributed by atoms with Gasteiger partial charge in [0, 0.05) is 12.6 Å². The first-order valence-electron chi connectivity index (χ1n) is 7.60. The summed E-state index contributed by atoms with van der Waals surface area (Å²) < 4.78 is 5.66. The number of hydrogen-bond donors (Lipinski definition) is 1. The van der Waals surface area contributed by atoms with Gasteiger partial charge in [-0.2, -0.15) is 0 Å². The van der Waals surface area contributed by atoms with Crippen molar-refractivity contribution in [1.82, 2.24) is 5.32 Å². The lowest BCUT2D eigenvalue weighted by molar-refractivity contribution is 0.317. The fraction of sp³-hybridized carbons (Fsp3) is 0.647. The van der Waals surface area contributed by atoms with E-state index in [2.05, 4.69) is 51.2 Å². The Morgan fingerprint density at radius 2 is 2.00 bits per heavy atom. The lowest BCUT2D eigenvalue weighted by Gasteiger charge is -2.17. The summed E-state index contributed by atoms with van der Waals surface area (Å²) in [7, 11) is 0. The van der Waals surface area contributed by atoms with E-state index in [4.69, 9.17) is 4.74 Å². The van der Waals surface area contributed by atoms with Crippen molar-refractivity contribution in [2.24, 2.45) is 5.92 Å². The number of benzene rings is 1. The molecule has 0 aliphatic heterocycles. The number of nitrogens with one attached hydrogen (secondary N) is 1. The van der Waals surface area contributed by atoms with Gasteiger partial charge in [-0.05, 0) is 43.4 Å². The van der Waals surface area contributed by atoms with E-state index in [1.54, 1.807) is 0 Å². The molecule has 19 heavy (non-hydrogen) atoms. The van der Waals surface area contributed by atoms with Crippen LogP contribution in [0.15, 0.2) is 24.3 Å². The molecule has 2 nitrogen and oxygen atoms in total. The van der Waals surface area contributed by atoms with Crippen LogP contribution in [-0.4, -0.2) is 12.6 Å². The Balaban J connectivity index is 2.39. The van der Waals surface area contributed by atoms with Crippen molar-refractivity contribution in [3.8, 4) is 5.75 Å². The van der Waals surface area contributed by atoms with Gasteiger partial charge in [-0.3, -0.25) is 0 Å². The topological polar surface area (TPSA) is 21.3 Å². The standard InChI is InChI=1S/C17H29NO/c1-5-10-19-17-9-7-8-16(12-17)13-18-15(4)11-14(3)6-2/h7-9,12,14-15,18H,5-6,10-11,13H2,1-4H3. The van der Waals surface area contributed by atoms with Gasteiger partial charge >= 0.3 is 0 Å². The van der Waals surface area contributed by atoms with Crippen LogP contribution >= 0.6 is 0 Å². The Morgan fingerprint density at radius 3 is 2.68 bits per heavy atom. The number of rotatable bonds is 9. The Bertz CT molecular complexity index is 351. The summed E-state index contributed by atoms with van der Waals surface area (Å²) in [4.78, 5) is 0. The van der Waals surface area contributed by atoms with E-state index in [0.29, 0.717) is 6.04 Å². The maximum Gasteiger partial charge on any atom is 0.119 e. The highest BCUT2D eigenvalue weighted by Crippen LogP contribution is 2.14. The molecule has 0 aliphatic carbocycles. The molecule has 0 fully saturated rings. The molecule has 1 aromatic carbocycles. The summed E-state index contributed by atoms with van der Waals surface area (Å²) >= 11 is 0. The second-order valence-corrected chi connectivity index (χ2v) is 5.53. The van der Waals surface area contributed by atoms with Crippen LogP contribution in [0.3, 0.4) is 0 Å². The monoisotopic (exact) mass is 263 g/mol. The van der Waals surface area contributed by atoms with E-state index in [1.807, 2.05) is 6.07 Å². The average Bonchev–Trinajstić information content (AvgIpc) is 2.43. The Hall–Kier alpha value is -1.02. The van der Waals surface area contributed by atoms with Gasteiger partial charge < -0.3 is 10.1 Å². The summed E-state index contributed by atoms with van der Waals surface area (Å²) in [6.07, 6.45) is 3.54. The molecule has 0 aliphatic rings. The van der Waals surface area contributed by atoms with Crippen molar-refractivity contribution >= 4 is 0 Å². The number of ether oxygens (including phenoxy) is 1. The molecular formula is C17H29NO. The summed E-state index contributed by atoms with van der Waals surface area (Å²) in [5, 5.41) is 3.59. The molecule has 0 spiro atoms. The molecule has 2 atom stereocenters. The molecule has 2 unspecified atom stereocenters. The molecule has 2 heteroatoms. The minimum Gasteiger partial charge on any atom is -0.494 e. The van der Waals surface area contributed by atoms with E-state index >= 15 is 0 Å². The van der Waals surface area contributed by atoms with E-state index in [0.717, 1.165) is 31.2 Å². The number of hydrogen-bond acceptors (Lipinski definition) is 2. The quantitative estimate of drug-likeness (QED) is 0.713. The lowest BCUT2D eigenvalue weighted by atomic mass is 10.0. The molecule has 0 bridgehead atoms. The van der Waals surface area contributed by atoms with Crippen LogP contribution in [0.5, 0.6) is 5.75 Å². The van der Waals surface area contributed by atoms with Gasteiger partial charge in [-0.1, -0.05) is 39.3 Å². The predicted octanol–water partition coefficient (Wildman–Crippen LogP) is 4.39. The van der Waals surface area contributed by atoms with Crippen molar-refractivity contribution in [1.29, 1.82) is 0 Å². The van der Waals surface area contributed by atoms with Crippen LogP contribution in [0.25, 0.3) is 0 Å². The first-order valence-corrected chi connectivity index (χ1v) is 7.60. The normalized spacial score (nSPS) is 14.1. The zero-order chi connectivity index (χ0) is 14.1. The smallest absolute Gasteiger partial charge is 0.119 e. The van der Waals surface area contributed by atoms with Gasteiger partial charge in [0.05, 0.1) is 6.61 Å². The van der Waals surface area contributed by atoms with Crippen LogP contribution in [0.1, 0.15) is 52.5 Å². The minimum absolute atomic E-state index is 0.565. The SMILES string of the molecule is CCCOc1cccc(CNC(C)CC(C)CC)c1. The van der Waals surface area contributed by atoms with Crippen LogP contribution in [-0.2, 0) is 6.54 Å². The van der Waals surface area contributed by atoms with Gasteiger partial charge in [-0.15, -0.1) is 0 Å².